The first-order valence-corrected chi connectivity index (χ1v) is 9.08. The van der Waals surface area contributed by atoms with Crippen molar-refractivity contribution in [3.63, 3.8) is 0 Å². The van der Waals surface area contributed by atoms with E-state index in [1.165, 1.54) is 0 Å². The number of rotatable bonds is 3. The van der Waals surface area contributed by atoms with Crippen LogP contribution in [-0.2, 0) is 11.3 Å². The molecule has 2 saturated heterocycles. The number of benzene rings is 1. The molecule has 2 heterocycles. The molecule has 0 aromatic heterocycles. The minimum atomic E-state index is -0.0846. The van der Waals surface area contributed by atoms with E-state index >= 15 is 0 Å². The van der Waals surface area contributed by atoms with E-state index in [4.69, 9.17) is 0 Å². The summed E-state index contributed by atoms with van der Waals surface area (Å²) in [5.74, 6) is 0.934. The van der Waals surface area contributed by atoms with Gasteiger partial charge < -0.3 is 20.9 Å². The smallest absolute Gasteiger partial charge is 0.251 e. The molecule has 27 heavy (non-hydrogen) atoms. The maximum absolute atomic E-state index is 11.7. The summed E-state index contributed by atoms with van der Waals surface area (Å²) in [5.41, 5.74) is 1.78. The lowest BCUT2D eigenvalue weighted by molar-refractivity contribution is -0.119. The molecular formula is C19H28IN5O2. The molecule has 2 aliphatic heterocycles. The first-order valence-electron chi connectivity index (χ1n) is 9.08. The van der Waals surface area contributed by atoms with Crippen LogP contribution >= 0.6 is 24.0 Å². The molecule has 8 heteroatoms. The van der Waals surface area contributed by atoms with E-state index in [0.29, 0.717) is 18.5 Å². The fourth-order valence-electron chi connectivity index (χ4n) is 3.86. The van der Waals surface area contributed by atoms with Gasteiger partial charge in [0.15, 0.2) is 5.96 Å². The lowest BCUT2D eigenvalue weighted by atomic mass is 9.79. The fraction of sp³-hybridized carbons (Fsp3) is 0.526. The van der Waals surface area contributed by atoms with Crippen LogP contribution in [0, 0.1) is 5.41 Å². The third-order valence-electron chi connectivity index (χ3n) is 5.26. The van der Waals surface area contributed by atoms with Gasteiger partial charge in [0.2, 0.25) is 5.91 Å². The number of amides is 2. The maximum Gasteiger partial charge on any atom is 0.251 e. The van der Waals surface area contributed by atoms with Gasteiger partial charge in [0.05, 0.1) is 0 Å². The predicted molar refractivity (Wildman–Crippen MR) is 116 cm³/mol. The summed E-state index contributed by atoms with van der Waals surface area (Å²) in [5, 5.41) is 9.00. The van der Waals surface area contributed by atoms with Gasteiger partial charge in [0.25, 0.3) is 5.91 Å². The topological polar surface area (TPSA) is 85.8 Å². The minimum absolute atomic E-state index is 0. The second kappa shape index (κ2) is 9.38. The molecule has 2 fully saturated rings. The van der Waals surface area contributed by atoms with Crippen LogP contribution in [0.4, 0.5) is 0 Å². The van der Waals surface area contributed by atoms with Crippen LogP contribution in [0.5, 0.6) is 0 Å². The van der Waals surface area contributed by atoms with Crippen LogP contribution in [0.1, 0.15) is 35.2 Å². The molecule has 7 nitrogen and oxygen atoms in total. The Labute approximate surface area is 177 Å². The molecule has 0 bridgehead atoms. The molecule has 1 aromatic carbocycles. The Morgan fingerprint density at radius 3 is 2.67 bits per heavy atom. The van der Waals surface area contributed by atoms with Gasteiger partial charge in [-0.05, 0) is 30.5 Å². The number of nitrogens with one attached hydrogen (secondary N) is 3. The Morgan fingerprint density at radius 1 is 1.33 bits per heavy atom. The number of hydrogen-bond donors (Lipinski definition) is 3. The standard InChI is InChI=1S/C19H27N5O2.HI/c1-20-17(26)15-6-4-14(5-7-15)11-22-18(21-2)24-9-3-8-19(13-24)10-16(25)23-12-19;/h4-7H,3,8-13H2,1-2H3,(H,20,26)(H,21,22)(H,23,25);1H. The Morgan fingerprint density at radius 2 is 2.07 bits per heavy atom. The summed E-state index contributed by atoms with van der Waals surface area (Å²) in [6.07, 6.45) is 2.76. The minimum Gasteiger partial charge on any atom is -0.355 e. The van der Waals surface area contributed by atoms with Crippen LogP contribution < -0.4 is 16.0 Å². The SMILES string of the molecule is CN=C(NCc1ccc(C(=O)NC)cc1)N1CCCC2(CNC(=O)C2)C1.I. The lowest BCUT2D eigenvalue weighted by Gasteiger charge is -2.40. The molecule has 1 spiro atoms. The molecule has 1 aromatic rings. The average Bonchev–Trinajstić information content (AvgIpc) is 3.02. The molecule has 3 N–H and O–H groups in total. The molecule has 0 aliphatic carbocycles. The second-order valence-corrected chi connectivity index (χ2v) is 7.16. The Bertz CT molecular complexity index is 707. The highest BCUT2D eigenvalue weighted by atomic mass is 127. The summed E-state index contributed by atoms with van der Waals surface area (Å²) in [6.45, 7) is 3.20. The van der Waals surface area contributed by atoms with E-state index < -0.39 is 0 Å². The third kappa shape index (κ3) is 5.12. The number of hydrogen-bond acceptors (Lipinski definition) is 3. The van der Waals surface area contributed by atoms with Gasteiger partial charge >= 0.3 is 0 Å². The first-order chi connectivity index (χ1) is 12.5. The molecular weight excluding hydrogens is 457 g/mol. The predicted octanol–water partition coefficient (Wildman–Crippen LogP) is 1.34. The number of nitrogens with zero attached hydrogens (tertiary/aromatic N) is 2. The van der Waals surface area contributed by atoms with E-state index in [-0.39, 0.29) is 41.2 Å². The highest BCUT2D eigenvalue weighted by Crippen LogP contribution is 2.35. The van der Waals surface area contributed by atoms with Crippen LogP contribution in [-0.4, -0.2) is 56.4 Å². The molecule has 1 atom stereocenters. The largest absolute Gasteiger partial charge is 0.355 e. The van der Waals surface area contributed by atoms with E-state index in [2.05, 4.69) is 25.8 Å². The highest BCUT2D eigenvalue weighted by molar-refractivity contribution is 14.0. The summed E-state index contributed by atoms with van der Waals surface area (Å²) >= 11 is 0. The monoisotopic (exact) mass is 485 g/mol. The third-order valence-corrected chi connectivity index (χ3v) is 5.26. The lowest BCUT2D eigenvalue weighted by Crippen LogP contribution is -2.51. The zero-order valence-corrected chi connectivity index (χ0v) is 18.2. The zero-order chi connectivity index (χ0) is 18.6. The van der Waals surface area contributed by atoms with Crippen molar-refractivity contribution in [2.45, 2.75) is 25.8 Å². The Balaban J connectivity index is 0.00000261. The average molecular weight is 485 g/mol. The van der Waals surface area contributed by atoms with E-state index in [9.17, 15) is 9.59 Å². The van der Waals surface area contributed by atoms with Gasteiger partial charge in [-0.3, -0.25) is 14.6 Å². The summed E-state index contributed by atoms with van der Waals surface area (Å²) < 4.78 is 0. The number of carbonyl (C=O) groups excluding carboxylic acids is 2. The zero-order valence-electron chi connectivity index (χ0n) is 15.9. The van der Waals surface area contributed by atoms with Crippen molar-refractivity contribution in [1.29, 1.82) is 0 Å². The van der Waals surface area contributed by atoms with Gasteiger partial charge in [-0.1, -0.05) is 12.1 Å². The number of aliphatic imine (C=N–C) groups is 1. The van der Waals surface area contributed by atoms with Gasteiger partial charge in [-0.25, -0.2) is 0 Å². The summed E-state index contributed by atoms with van der Waals surface area (Å²) in [7, 11) is 3.41. The highest BCUT2D eigenvalue weighted by Gasteiger charge is 2.42. The first kappa shape index (κ1) is 21.5. The van der Waals surface area contributed by atoms with E-state index in [1.54, 1.807) is 14.1 Å². The summed E-state index contributed by atoms with van der Waals surface area (Å²) in [6, 6.07) is 7.54. The molecule has 0 saturated carbocycles. The van der Waals surface area contributed by atoms with Crippen molar-refractivity contribution >= 4 is 41.8 Å². The van der Waals surface area contributed by atoms with Crippen LogP contribution in [0.15, 0.2) is 29.3 Å². The fourth-order valence-corrected chi connectivity index (χ4v) is 3.86. The van der Waals surface area contributed by atoms with Crippen molar-refractivity contribution in [2.75, 3.05) is 33.7 Å². The van der Waals surface area contributed by atoms with Crippen molar-refractivity contribution in [2.24, 2.45) is 10.4 Å². The van der Waals surface area contributed by atoms with Gasteiger partial charge in [-0.2, -0.15) is 0 Å². The molecule has 3 rings (SSSR count). The van der Waals surface area contributed by atoms with Crippen molar-refractivity contribution in [3.05, 3.63) is 35.4 Å². The number of guanidine groups is 1. The second-order valence-electron chi connectivity index (χ2n) is 7.16. The quantitative estimate of drug-likeness (QED) is 0.343. The Hall–Kier alpha value is -1.84. The normalized spacial score (nSPS) is 22.2. The van der Waals surface area contributed by atoms with Gasteiger partial charge in [0.1, 0.15) is 0 Å². The molecule has 2 amide bonds. The Kier molecular flexibility index (Phi) is 7.46. The van der Waals surface area contributed by atoms with Crippen LogP contribution in [0.3, 0.4) is 0 Å². The molecule has 0 radical (unpaired) electrons. The van der Waals surface area contributed by atoms with E-state index in [0.717, 1.165) is 44.0 Å². The van der Waals surface area contributed by atoms with Gasteiger partial charge in [-0.15, -0.1) is 24.0 Å². The van der Waals surface area contributed by atoms with Crippen molar-refractivity contribution < 1.29 is 9.59 Å². The van der Waals surface area contributed by atoms with Gasteiger partial charge in [0, 0.05) is 57.7 Å². The van der Waals surface area contributed by atoms with Crippen LogP contribution in [0.25, 0.3) is 0 Å². The summed E-state index contributed by atoms with van der Waals surface area (Å²) in [4.78, 5) is 29.9. The van der Waals surface area contributed by atoms with Crippen molar-refractivity contribution in [3.8, 4) is 0 Å². The van der Waals surface area contributed by atoms with E-state index in [1.807, 2.05) is 24.3 Å². The molecule has 1 unspecified atom stereocenters. The van der Waals surface area contributed by atoms with Crippen molar-refractivity contribution in [1.82, 2.24) is 20.9 Å². The molecule has 148 valence electrons. The molecule has 2 aliphatic rings. The number of carbonyl (C=O) groups is 2. The maximum atomic E-state index is 11.7. The van der Waals surface area contributed by atoms with Crippen LogP contribution in [0.2, 0.25) is 0 Å². The number of halogens is 1. The number of piperidine rings is 1. The number of likely N-dealkylation sites (tertiary alicyclic amines) is 1.